The Bertz CT molecular complexity index is 508. The van der Waals surface area contributed by atoms with Crippen molar-refractivity contribution in [3.63, 3.8) is 0 Å². The Hall–Kier alpha value is -0.930. The van der Waals surface area contributed by atoms with Crippen LogP contribution in [-0.4, -0.2) is 17.5 Å². The van der Waals surface area contributed by atoms with E-state index in [4.69, 9.17) is 0 Å². The predicted molar refractivity (Wildman–Crippen MR) is 98.0 cm³/mol. The third-order valence-electron chi connectivity index (χ3n) is 2.31. The third-order valence-corrected chi connectivity index (χ3v) is 3.82. The van der Waals surface area contributed by atoms with E-state index in [0.717, 1.165) is 18.2 Å². The lowest BCUT2D eigenvalue weighted by atomic mass is 10.4. The molecular weight excluding hydrogens is 403 g/mol. The summed E-state index contributed by atoms with van der Waals surface area (Å²) in [5.74, 6) is 0.779. The maximum atomic E-state index is 4.50. The predicted octanol–water partition coefficient (Wildman–Crippen LogP) is 3.24. The smallest absolute Gasteiger partial charge is 0.192 e. The zero-order valence-corrected chi connectivity index (χ0v) is 14.9. The number of hydrogen-bond acceptors (Lipinski definition) is 4. The molecule has 2 heterocycles. The van der Waals surface area contributed by atoms with Crippen LogP contribution in [0.5, 0.6) is 0 Å². The number of guanidine groups is 1. The van der Waals surface area contributed by atoms with Crippen molar-refractivity contribution >= 4 is 52.6 Å². The second-order valence-electron chi connectivity index (χ2n) is 3.75. The van der Waals surface area contributed by atoms with E-state index in [0.29, 0.717) is 13.1 Å². The maximum absolute atomic E-state index is 4.50. The largest absolute Gasteiger partial charge is 0.353 e. The highest BCUT2D eigenvalue weighted by Gasteiger charge is 2.00. The number of aliphatic imine (C=N–C) groups is 1. The van der Waals surface area contributed by atoms with Crippen molar-refractivity contribution in [3.05, 3.63) is 51.6 Å². The lowest BCUT2D eigenvalue weighted by molar-refractivity contribution is 0.837. The van der Waals surface area contributed by atoms with Crippen molar-refractivity contribution in [2.75, 3.05) is 6.54 Å². The molecular formula is C13H17IN4S2. The standard InChI is InChI=1S/C13H16N4S2.HI/c1-2-5-14-13(15-7-11-9-18-10-17-11)16-8-12-4-3-6-19-12;/h2-4,6,9-10H,1,5,7-8H2,(H2,14,15,16);1H. The molecule has 2 aromatic rings. The summed E-state index contributed by atoms with van der Waals surface area (Å²) in [6, 6.07) is 4.15. The van der Waals surface area contributed by atoms with Crippen LogP contribution in [0.2, 0.25) is 0 Å². The van der Waals surface area contributed by atoms with E-state index in [9.17, 15) is 0 Å². The molecule has 2 aromatic heterocycles. The molecule has 2 N–H and O–H groups in total. The summed E-state index contributed by atoms with van der Waals surface area (Å²) >= 11 is 3.31. The van der Waals surface area contributed by atoms with Crippen LogP contribution in [0, 0.1) is 0 Å². The second kappa shape index (κ2) is 9.89. The Balaban J connectivity index is 0.00000200. The molecule has 0 fully saturated rings. The van der Waals surface area contributed by atoms with Crippen molar-refractivity contribution in [1.29, 1.82) is 0 Å². The number of thiophene rings is 1. The average Bonchev–Trinajstić information content (AvgIpc) is 3.11. The number of nitrogens with one attached hydrogen (secondary N) is 2. The summed E-state index contributed by atoms with van der Waals surface area (Å²) in [6.45, 7) is 5.75. The number of aromatic nitrogens is 1. The van der Waals surface area contributed by atoms with Crippen LogP contribution in [0.15, 0.2) is 46.1 Å². The summed E-state index contributed by atoms with van der Waals surface area (Å²) in [7, 11) is 0. The Labute approximate surface area is 144 Å². The number of halogens is 1. The van der Waals surface area contributed by atoms with Gasteiger partial charge in [0.1, 0.15) is 0 Å². The molecule has 2 rings (SSSR count). The van der Waals surface area contributed by atoms with Crippen LogP contribution in [0.3, 0.4) is 0 Å². The number of nitrogens with zero attached hydrogens (tertiary/aromatic N) is 2. The van der Waals surface area contributed by atoms with Gasteiger partial charge in [0, 0.05) is 16.8 Å². The molecule has 0 bridgehead atoms. The third kappa shape index (κ3) is 6.02. The topological polar surface area (TPSA) is 49.3 Å². The molecule has 7 heteroatoms. The minimum Gasteiger partial charge on any atom is -0.353 e. The van der Waals surface area contributed by atoms with Crippen molar-refractivity contribution in [3.8, 4) is 0 Å². The van der Waals surface area contributed by atoms with E-state index in [1.54, 1.807) is 22.7 Å². The van der Waals surface area contributed by atoms with E-state index in [-0.39, 0.29) is 24.0 Å². The molecule has 0 unspecified atom stereocenters. The molecule has 0 aliphatic heterocycles. The van der Waals surface area contributed by atoms with E-state index in [1.807, 2.05) is 23.0 Å². The van der Waals surface area contributed by atoms with Gasteiger partial charge in [0.05, 0.1) is 24.3 Å². The van der Waals surface area contributed by atoms with Gasteiger partial charge < -0.3 is 10.6 Å². The van der Waals surface area contributed by atoms with E-state index in [1.165, 1.54) is 4.88 Å². The lowest BCUT2D eigenvalue weighted by Crippen LogP contribution is -2.36. The second-order valence-corrected chi connectivity index (χ2v) is 5.50. The van der Waals surface area contributed by atoms with Crippen molar-refractivity contribution in [2.45, 2.75) is 13.1 Å². The van der Waals surface area contributed by atoms with Gasteiger partial charge in [0.25, 0.3) is 0 Å². The van der Waals surface area contributed by atoms with Crippen LogP contribution < -0.4 is 10.6 Å². The summed E-state index contributed by atoms with van der Waals surface area (Å²) in [5.41, 5.74) is 2.81. The number of thiazole rings is 1. The zero-order chi connectivity index (χ0) is 13.3. The first-order valence-electron chi connectivity index (χ1n) is 5.91. The molecule has 0 aliphatic rings. The van der Waals surface area contributed by atoms with E-state index in [2.05, 4.69) is 38.6 Å². The van der Waals surface area contributed by atoms with Crippen molar-refractivity contribution in [2.24, 2.45) is 4.99 Å². The Morgan fingerprint density at radius 1 is 1.45 bits per heavy atom. The molecule has 0 saturated carbocycles. The minimum atomic E-state index is 0. The molecule has 0 radical (unpaired) electrons. The Morgan fingerprint density at radius 2 is 2.35 bits per heavy atom. The Kier molecular flexibility index (Phi) is 8.47. The van der Waals surface area contributed by atoms with Gasteiger partial charge >= 0.3 is 0 Å². The van der Waals surface area contributed by atoms with Gasteiger partial charge in [-0.3, -0.25) is 0 Å². The molecule has 108 valence electrons. The normalized spacial score (nSPS) is 10.7. The average molecular weight is 420 g/mol. The van der Waals surface area contributed by atoms with Crippen LogP contribution in [0.25, 0.3) is 0 Å². The van der Waals surface area contributed by atoms with E-state index < -0.39 is 0 Å². The molecule has 0 amide bonds. The van der Waals surface area contributed by atoms with Crippen molar-refractivity contribution in [1.82, 2.24) is 15.6 Å². The monoisotopic (exact) mass is 420 g/mol. The molecule has 0 saturated heterocycles. The lowest BCUT2D eigenvalue weighted by Gasteiger charge is -2.10. The van der Waals surface area contributed by atoms with Gasteiger partial charge in [-0.1, -0.05) is 12.1 Å². The maximum Gasteiger partial charge on any atom is 0.192 e. The molecule has 0 spiro atoms. The van der Waals surface area contributed by atoms with Crippen LogP contribution in [0.1, 0.15) is 10.6 Å². The first-order chi connectivity index (χ1) is 9.38. The Morgan fingerprint density at radius 3 is 3.00 bits per heavy atom. The molecule has 0 aliphatic carbocycles. The minimum absolute atomic E-state index is 0. The highest BCUT2D eigenvalue weighted by molar-refractivity contribution is 14.0. The fourth-order valence-corrected chi connectivity index (χ4v) is 2.60. The number of hydrogen-bond donors (Lipinski definition) is 2. The van der Waals surface area contributed by atoms with Crippen LogP contribution in [0.4, 0.5) is 0 Å². The SMILES string of the molecule is C=CCNC(=NCc1cscn1)NCc1cccs1.I. The first-order valence-corrected chi connectivity index (χ1v) is 7.73. The van der Waals surface area contributed by atoms with Gasteiger partial charge in [-0.05, 0) is 11.4 Å². The number of rotatable bonds is 6. The summed E-state index contributed by atoms with van der Waals surface area (Å²) in [5, 5.41) is 10.6. The van der Waals surface area contributed by atoms with Gasteiger partial charge in [0.2, 0.25) is 0 Å². The summed E-state index contributed by atoms with van der Waals surface area (Å²) in [6.07, 6.45) is 1.81. The summed E-state index contributed by atoms with van der Waals surface area (Å²) < 4.78 is 0. The van der Waals surface area contributed by atoms with Crippen molar-refractivity contribution < 1.29 is 0 Å². The first kappa shape index (κ1) is 17.1. The molecule has 0 aromatic carbocycles. The fourth-order valence-electron chi connectivity index (χ4n) is 1.40. The highest BCUT2D eigenvalue weighted by atomic mass is 127. The molecule has 0 atom stereocenters. The van der Waals surface area contributed by atoms with Crippen LogP contribution in [-0.2, 0) is 13.1 Å². The highest BCUT2D eigenvalue weighted by Crippen LogP contribution is 2.07. The fraction of sp³-hybridized carbons (Fsp3) is 0.231. The quantitative estimate of drug-likeness (QED) is 0.327. The van der Waals surface area contributed by atoms with Gasteiger partial charge in [-0.25, -0.2) is 9.98 Å². The van der Waals surface area contributed by atoms with Gasteiger partial charge in [-0.15, -0.1) is 53.2 Å². The molecule has 20 heavy (non-hydrogen) atoms. The zero-order valence-electron chi connectivity index (χ0n) is 10.9. The van der Waals surface area contributed by atoms with E-state index >= 15 is 0 Å². The van der Waals surface area contributed by atoms with Gasteiger partial charge in [-0.2, -0.15) is 0 Å². The summed E-state index contributed by atoms with van der Waals surface area (Å²) in [4.78, 5) is 9.99. The molecule has 4 nitrogen and oxygen atoms in total. The van der Waals surface area contributed by atoms with Crippen LogP contribution >= 0.6 is 46.7 Å². The van der Waals surface area contributed by atoms with Gasteiger partial charge in [0.15, 0.2) is 5.96 Å².